The molecule has 8 heteroatoms. The highest BCUT2D eigenvalue weighted by Crippen LogP contribution is 2.37. The highest BCUT2D eigenvalue weighted by atomic mass is 32.1. The van der Waals surface area contributed by atoms with Crippen LogP contribution in [-0.4, -0.2) is 21.7 Å². The van der Waals surface area contributed by atoms with Gasteiger partial charge in [-0.05, 0) is 23.6 Å². The molecule has 1 unspecified atom stereocenters. The summed E-state index contributed by atoms with van der Waals surface area (Å²) in [5, 5.41) is 18.2. The summed E-state index contributed by atoms with van der Waals surface area (Å²) in [6, 6.07) is 9.62. The van der Waals surface area contributed by atoms with Crippen LogP contribution in [0, 0.1) is 10.1 Å². The zero-order valence-electron chi connectivity index (χ0n) is 12.4. The molecule has 0 fully saturated rings. The molecule has 2 aromatic rings. The molecule has 0 radical (unpaired) electrons. The predicted molar refractivity (Wildman–Crippen MR) is 84.9 cm³/mol. The summed E-state index contributed by atoms with van der Waals surface area (Å²) in [7, 11) is 0. The highest BCUT2D eigenvalue weighted by Gasteiger charge is 2.45. The van der Waals surface area contributed by atoms with E-state index in [4.69, 9.17) is 4.74 Å². The highest BCUT2D eigenvalue weighted by molar-refractivity contribution is 7.12. The van der Waals surface area contributed by atoms with Gasteiger partial charge in [0.15, 0.2) is 0 Å². The van der Waals surface area contributed by atoms with Crippen LogP contribution in [0.3, 0.4) is 0 Å². The standard InChI is InChI=1S/C15H13N3O4S/c1-10(19)17-15(2,11-5-7-12(8-6-11)18(20)21)22-14(16-17)13-4-3-9-23-13/h3-9H,1-2H3. The first kappa shape index (κ1) is 15.2. The zero-order valence-corrected chi connectivity index (χ0v) is 13.2. The second-order valence-corrected chi connectivity index (χ2v) is 6.05. The third kappa shape index (κ3) is 2.57. The lowest BCUT2D eigenvalue weighted by Crippen LogP contribution is -2.41. The first-order valence-electron chi connectivity index (χ1n) is 6.79. The molecular weight excluding hydrogens is 318 g/mol. The van der Waals surface area contributed by atoms with Gasteiger partial charge < -0.3 is 4.74 Å². The van der Waals surface area contributed by atoms with Gasteiger partial charge in [-0.2, -0.15) is 5.01 Å². The number of rotatable bonds is 3. The second kappa shape index (κ2) is 5.47. The van der Waals surface area contributed by atoms with Crippen molar-refractivity contribution in [3.8, 4) is 0 Å². The predicted octanol–water partition coefficient (Wildman–Crippen LogP) is 3.07. The van der Waals surface area contributed by atoms with Gasteiger partial charge in [-0.3, -0.25) is 14.9 Å². The van der Waals surface area contributed by atoms with E-state index in [0.29, 0.717) is 11.5 Å². The molecule has 3 rings (SSSR count). The fourth-order valence-electron chi connectivity index (χ4n) is 2.38. The Morgan fingerprint density at radius 2 is 2.04 bits per heavy atom. The fraction of sp³-hybridized carbons (Fsp3) is 0.200. The van der Waals surface area contributed by atoms with Crippen LogP contribution < -0.4 is 0 Å². The molecule has 2 heterocycles. The first-order valence-corrected chi connectivity index (χ1v) is 7.67. The quantitative estimate of drug-likeness (QED) is 0.639. The molecule has 1 aliphatic rings. The molecule has 1 aromatic heterocycles. The number of hydrazone groups is 1. The van der Waals surface area contributed by atoms with Gasteiger partial charge in [-0.1, -0.05) is 6.07 Å². The third-order valence-electron chi connectivity index (χ3n) is 3.53. The summed E-state index contributed by atoms with van der Waals surface area (Å²) in [4.78, 5) is 23.1. The van der Waals surface area contributed by atoms with E-state index in [1.807, 2.05) is 17.5 Å². The lowest BCUT2D eigenvalue weighted by molar-refractivity contribution is -0.384. The number of non-ortho nitro benzene ring substituents is 1. The number of carbonyl (C=O) groups is 1. The molecule has 7 nitrogen and oxygen atoms in total. The van der Waals surface area contributed by atoms with Gasteiger partial charge in [0, 0.05) is 31.5 Å². The molecule has 0 saturated heterocycles. The van der Waals surface area contributed by atoms with Crippen LogP contribution in [0.5, 0.6) is 0 Å². The Morgan fingerprint density at radius 3 is 2.57 bits per heavy atom. The number of hydrogen-bond donors (Lipinski definition) is 0. The van der Waals surface area contributed by atoms with Gasteiger partial charge in [0.1, 0.15) is 0 Å². The number of ether oxygens (including phenoxy) is 1. The Hall–Kier alpha value is -2.74. The number of nitro groups is 1. The lowest BCUT2D eigenvalue weighted by Gasteiger charge is -2.30. The summed E-state index contributed by atoms with van der Waals surface area (Å²) in [5.41, 5.74) is -0.557. The minimum absolute atomic E-state index is 0.0240. The van der Waals surface area contributed by atoms with Crippen molar-refractivity contribution in [3.05, 3.63) is 62.3 Å². The maximum Gasteiger partial charge on any atom is 0.269 e. The number of thiophene rings is 1. The Morgan fingerprint density at radius 1 is 1.35 bits per heavy atom. The van der Waals surface area contributed by atoms with E-state index in [-0.39, 0.29) is 11.6 Å². The van der Waals surface area contributed by atoms with Crippen LogP contribution in [0.1, 0.15) is 24.3 Å². The average Bonchev–Trinajstić information content (AvgIpc) is 3.15. The smallest absolute Gasteiger partial charge is 0.269 e. The van der Waals surface area contributed by atoms with Crippen molar-refractivity contribution in [1.82, 2.24) is 5.01 Å². The molecule has 1 aromatic carbocycles. The zero-order chi connectivity index (χ0) is 16.6. The average molecular weight is 331 g/mol. The molecular formula is C15H13N3O4S. The minimum atomic E-state index is -1.14. The molecule has 1 aliphatic heterocycles. The second-order valence-electron chi connectivity index (χ2n) is 5.10. The van der Waals surface area contributed by atoms with Crippen molar-refractivity contribution in [2.45, 2.75) is 19.6 Å². The third-order valence-corrected chi connectivity index (χ3v) is 4.39. The number of amides is 1. The van der Waals surface area contributed by atoms with Crippen molar-refractivity contribution in [3.63, 3.8) is 0 Å². The van der Waals surface area contributed by atoms with E-state index in [0.717, 1.165) is 4.88 Å². The topological polar surface area (TPSA) is 85.0 Å². The SMILES string of the molecule is CC(=O)N1N=C(c2cccs2)OC1(C)c1ccc([N+](=O)[O-])cc1. The van der Waals surface area contributed by atoms with Crippen LogP contribution >= 0.6 is 11.3 Å². The van der Waals surface area contributed by atoms with E-state index in [1.54, 1.807) is 19.1 Å². The molecule has 1 amide bonds. The number of benzene rings is 1. The van der Waals surface area contributed by atoms with Crippen LogP contribution in [0.2, 0.25) is 0 Å². The van der Waals surface area contributed by atoms with E-state index in [1.165, 1.54) is 35.4 Å². The Bertz CT molecular complexity index is 786. The number of hydrogen-bond acceptors (Lipinski definition) is 6. The van der Waals surface area contributed by atoms with Crippen LogP contribution in [-0.2, 0) is 15.3 Å². The Labute approximate surface area is 136 Å². The molecule has 0 aliphatic carbocycles. The van der Waals surface area contributed by atoms with Crippen molar-refractivity contribution < 1.29 is 14.5 Å². The van der Waals surface area contributed by atoms with Crippen LogP contribution in [0.25, 0.3) is 0 Å². The number of nitro benzene ring substituents is 1. The molecule has 0 N–H and O–H groups in total. The molecule has 0 bridgehead atoms. The maximum atomic E-state index is 12.0. The monoisotopic (exact) mass is 331 g/mol. The Kier molecular flexibility index (Phi) is 3.61. The summed E-state index contributed by atoms with van der Waals surface area (Å²) < 4.78 is 5.95. The van der Waals surface area contributed by atoms with E-state index in [2.05, 4.69) is 5.10 Å². The molecule has 118 valence electrons. The Balaban J connectivity index is 1.99. The largest absolute Gasteiger partial charge is 0.443 e. The van der Waals surface area contributed by atoms with Gasteiger partial charge >= 0.3 is 0 Å². The fourth-order valence-corrected chi connectivity index (χ4v) is 3.03. The summed E-state index contributed by atoms with van der Waals surface area (Å²) in [6.45, 7) is 3.10. The van der Waals surface area contributed by atoms with E-state index in [9.17, 15) is 14.9 Å². The number of carbonyl (C=O) groups excluding carboxylic acids is 1. The normalized spacial score (nSPS) is 20.1. The molecule has 0 saturated carbocycles. The van der Waals surface area contributed by atoms with Gasteiger partial charge in [0.25, 0.3) is 11.6 Å². The lowest BCUT2D eigenvalue weighted by atomic mass is 10.0. The first-order chi connectivity index (χ1) is 10.9. The van der Waals surface area contributed by atoms with Crippen LogP contribution in [0.15, 0.2) is 46.9 Å². The molecule has 0 spiro atoms. The van der Waals surface area contributed by atoms with Crippen molar-refractivity contribution in [2.75, 3.05) is 0 Å². The summed E-state index contributed by atoms with van der Waals surface area (Å²) in [5.74, 6) is 0.0773. The van der Waals surface area contributed by atoms with Crippen molar-refractivity contribution >= 4 is 28.8 Å². The van der Waals surface area contributed by atoms with Gasteiger partial charge in [-0.15, -0.1) is 16.4 Å². The maximum absolute atomic E-state index is 12.0. The summed E-state index contributed by atoms with van der Waals surface area (Å²) >= 11 is 1.45. The molecule has 23 heavy (non-hydrogen) atoms. The van der Waals surface area contributed by atoms with Crippen LogP contribution in [0.4, 0.5) is 5.69 Å². The molecule has 1 atom stereocenters. The van der Waals surface area contributed by atoms with E-state index >= 15 is 0 Å². The number of nitrogens with zero attached hydrogens (tertiary/aromatic N) is 3. The van der Waals surface area contributed by atoms with Gasteiger partial charge in [0.05, 0.1) is 9.80 Å². The van der Waals surface area contributed by atoms with Crippen molar-refractivity contribution in [1.29, 1.82) is 0 Å². The van der Waals surface area contributed by atoms with E-state index < -0.39 is 10.6 Å². The van der Waals surface area contributed by atoms with Gasteiger partial charge in [-0.25, -0.2) is 0 Å². The van der Waals surface area contributed by atoms with Crippen molar-refractivity contribution in [2.24, 2.45) is 5.10 Å². The minimum Gasteiger partial charge on any atom is -0.443 e. The summed E-state index contributed by atoms with van der Waals surface area (Å²) in [6.07, 6.45) is 0. The van der Waals surface area contributed by atoms with Gasteiger partial charge in [0.2, 0.25) is 11.6 Å².